The molecule has 0 saturated carbocycles. The van der Waals surface area contributed by atoms with Gasteiger partial charge in [0, 0.05) is 21.9 Å². The molecule has 0 radical (unpaired) electrons. The van der Waals surface area contributed by atoms with Crippen LogP contribution in [0.4, 0.5) is 0 Å². The van der Waals surface area contributed by atoms with Crippen LogP contribution in [0.15, 0.2) is 71.9 Å². The summed E-state index contributed by atoms with van der Waals surface area (Å²) >= 11 is 0. The van der Waals surface area contributed by atoms with Gasteiger partial charge in [0.1, 0.15) is 5.78 Å². The second-order valence-electron chi connectivity index (χ2n) is 6.46. The Hall–Kier alpha value is -1.89. The summed E-state index contributed by atoms with van der Waals surface area (Å²) < 4.78 is 95.5. The fourth-order valence-corrected chi connectivity index (χ4v) is 1.77. The number of hydrogen-bond acceptors (Lipinski definition) is 1. The average Bonchev–Trinajstić information content (AvgIpc) is 3.54. The third-order valence-corrected chi connectivity index (χ3v) is 3.83. The van der Waals surface area contributed by atoms with Crippen LogP contribution in [0, 0.1) is 5.41 Å². The van der Waals surface area contributed by atoms with Gasteiger partial charge in [-0.05, 0) is 58.0 Å². The van der Waals surface area contributed by atoms with Crippen LogP contribution in [0.5, 0.6) is 0 Å². The van der Waals surface area contributed by atoms with Crippen molar-refractivity contribution >= 4 is 5.78 Å². The van der Waals surface area contributed by atoms with E-state index in [1.54, 1.807) is 0 Å². The summed E-state index contributed by atoms with van der Waals surface area (Å²) in [4.78, 5) is 11.8. The topological polar surface area (TPSA) is 17.1 Å². The standard InChI is InChI=1S/C26H38O/c1-5-6-16-19-24-22-25(24)20-17-14-12-10-8-7-9-11-13-15-18-21-26(3,4)23(2)27/h6,8-11,14-18H,5,7,12-13,19-22H2,1-4H3/b10-8-,11-9-,16-6-,17-14-,18-15-/i5D2,7D2,12D2,13D2,19D2,21D2. The Kier molecular flexibility index (Phi) is 5.22. The van der Waals surface area contributed by atoms with Gasteiger partial charge >= 0.3 is 0 Å². The molecule has 1 aliphatic carbocycles. The van der Waals surface area contributed by atoms with Gasteiger partial charge in [-0.1, -0.05) is 92.7 Å². The number of rotatable bonds is 14. The molecule has 0 aromatic carbocycles. The number of hydrogen-bond donors (Lipinski definition) is 0. The maximum absolute atomic E-state index is 11.8. The van der Waals surface area contributed by atoms with Gasteiger partial charge in [-0.3, -0.25) is 4.79 Å². The van der Waals surface area contributed by atoms with Gasteiger partial charge in [0.2, 0.25) is 0 Å². The van der Waals surface area contributed by atoms with E-state index in [-0.39, 0.29) is 0 Å². The minimum Gasteiger partial charge on any atom is -0.299 e. The van der Waals surface area contributed by atoms with E-state index in [4.69, 9.17) is 16.4 Å². The van der Waals surface area contributed by atoms with Crippen molar-refractivity contribution in [1.29, 1.82) is 0 Å². The summed E-state index contributed by atoms with van der Waals surface area (Å²) in [6, 6.07) is 0. The lowest BCUT2D eigenvalue weighted by molar-refractivity contribution is -0.124. The normalized spacial score (nSPS) is 25.3. The van der Waals surface area contributed by atoms with Crippen LogP contribution < -0.4 is 0 Å². The van der Waals surface area contributed by atoms with E-state index >= 15 is 0 Å². The quantitative estimate of drug-likeness (QED) is 0.281. The summed E-state index contributed by atoms with van der Waals surface area (Å²) in [5, 5.41) is 0. The number of allylic oxidation sites excluding steroid dienone is 12. The highest BCUT2D eigenvalue weighted by molar-refractivity contribution is 5.81. The highest BCUT2D eigenvalue weighted by Gasteiger charge is 2.21. The molecule has 0 atom stereocenters. The first-order valence-electron chi connectivity index (χ1n) is 14.9. The SMILES string of the molecule is [2H]C([2H])(C)/C=C\C([2H])([2H])C1=C(C/C=C\C([2H])([2H])/C=C\C([2H])([2H])/C=C\C([2H])([2H])/C=C\C([2H])([2H])C(C)(C)C(C)=O)C1. The third kappa shape index (κ3) is 11.4. The van der Waals surface area contributed by atoms with Crippen LogP contribution in [0.25, 0.3) is 0 Å². The Labute approximate surface area is 184 Å². The first-order valence-corrected chi connectivity index (χ1v) is 8.94. The fraction of sp³-hybridized carbons (Fsp3) is 0.500. The lowest BCUT2D eigenvalue weighted by Gasteiger charge is -2.18. The Morgan fingerprint density at radius 2 is 1.44 bits per heavy atom. The number of carbonyl (C=O) groups excluding carboxylic acids is 1. The first-order chi connectivity index (χ1) is 17.2. The molecule has 0 saturated heterocycles. The lowest BCUT2D eigenvalue weighted by Crippen LogP contribution is -2.19. The molecule has 0 aromatic heterocycles. The summed E-state index contributed by atoms with van der Waals surface area (Å²) in [5.74, 6) is -0.400. The summed E-state index contributed by atoms with van der Waals surface area (Å²) in [5.41, 5.74) is -0.0552. The van der Waals surface area contributed by atoms with Crippen molar-refractivity contribution < 1.29 is 21.2 Å². The van der Waals surface area contributed by atoms with E-state index in [2.05, 4.69) is 0 Å². The zero-order valence-electron chi connectivity index (χ0n) is 28.6. The van der Waals surface area contributed by atoms with Crippen molar-refractivity contribution in [3.63, 3.8) is 0 Å². The number of ketones is 1. The molecule has 0 amide bonds. The maximum atomic E-state index is 11.8. The average molecular weight is 379 g/mol. The van der Waals surface area contributed by atoms with Crippen LogP contribution in [0.3, 0.4) is 0 Å². The highest BCUT2D eigenvalue weighted by Crippen LogP contribution is 2.36. The van der Waals surface area contributed by atoms with Crippen molar-refractivity contribution in [2.24, 2.45) is 5.41 Å². The molecular formula is C26H38O. The van der Waals surface area contributed by atoms with Crippen molar-refractivity contribution in [3.05, 3.63) is 71.9 Å². The van der Waals surface area contributed by atoms with Gasteiger partial charge in [-0.2, -0.15) is 0 Å². The maximum Gasteiger partial charge on any atom is 0.135 e. The summed E-state index contributed by atoms with van der Waals surface area (Å²) in [7, 11) is 0. The van der Waals surface area contributed by atoms with E-state index < -0.39 is 49.4 Å². The Morgan fingerprint density at radius 1 is 0.889 bits per heavy atom. The largest absolute Gasteiger partial charge is 0.299 e. The van der Waals surface area contributed by atoms with Gasteiger partial charge in [0.15, 0.2) is 0 Å². The van der Waals surface area contributed by atoms with Crippen molar-refractivity contribution in [1.82, 2.24) is 0 Å². The van der Waals surface area contributed by atoms with Gasteiger partial charge < -0.3 is 0 Å². The van der Waals surface area contributed by atoms with Crippen molar-refractivity contribution in [2.45, 2.75) is 78.8 Å². The summed E-state index contributed by atoms with van der Waals surface area (Å²) in [6.45, 7) is 5.42. The molecule has 27 heavy (non-hydrogen) atoms. The van der Waals surface area contributed by atoms with Crippen LogP contribution in [-0.2, 0) is 4.79 Å². The molecule has 0 N–H and O–H groups in total. The predicted octanol–water partition coefficient (Wildman–Crippen LogP) is 7.83. The molecule has 0 spiro atoms. The van der Waals surface area contributed by atoms with E-state index in [0.717, 1.165) is 42.0 Å². The van der Waals surface area contributed by atoms with E-state index in [9.17, 15) is 4.79 Å². The van der Waals surface area contributed by atoms with Crippen LogP contribution >= 0.6 is 0 Å². The highest BCUT2D eigenvalue weighted by atomic mass is 16.1. The van der Waals surface area contributed by atoms with E-state index in [1.165, 1.54) is 52.0 Å². The molecule has 0 fully saturated rings. The fourth-order valence-electron chi connectivity index (χ4n) is 1.77. The molecule has 0 bridgehead atoms. The number of carbonyl (C=O) groups is 1. The second kappa shape index (κ2) is 13.3. The Morgan fingerprint density at radius 3 is 2.00 bits per heavy atom. The number of Topliss-reactive ketones (excluding diaryl/α,β-unsaturated/α-hetero) is 1. The molecule has 0 unspecified atom stereocenters. The minimum atomic E-state index is -2.23. The predicted molar refractivity (Wildman–Crippen MR) is 120 cm³/mol. The zero-order valence-corrected chi connectivity index (χ0v) is 16.6. The Bertz CT molecular complexity index is 1080. The molecule has 1 rings (SSSR count). The first kappa shape index (κ1) is 10.6. The molecular weight excluding hydrogens is 328 g/mol. The third-order valence-electron chi connectivity index (χ3n) is 3.83. The molecule has 0 aliphatic heterocycles. The van der Waals surface area contributed by atoms with Crippen LogP contribution in [0.1, 0.15) is 95.2 Å². The summed E-state index contributed by atoms with van der Waals surface area (Å²) in [6.07, 6.45) is -0.494. The van der Waals surface area contributed by atoms with Crippen LogP contribution in [-0.4, -0.2) is 5.78 Å². The van der Waals surface area contributed by atoms with Gasteiger partial charge in [-0.25, -0.2) is 0 Å². The van der Waals surface area contributed by atoms with Gasteiger partial charge in [0.25, 0.3) is 0 Å². The van der Waals surface area contributed by atoms with Crippen LogP contribution in [0.2, 0.25) is 0 Å². The monoisotopic (exact) mass is 378 g/mol. The molecule has 148 valence electrons. The molecule has 0 aromatic rings. The Balaban J connectivity index is 2.86. The second-order valence-corrected chi connectivity index (χ2v) is 6.46. The van der Waals surface area contributed by atoms with E-state index in [0.29, 0.717) is 18.4 Å². The molecule has 0 heterocycles. The lowest BCUT2D eigenvalue weighted by atomic mass is 9.85. The van der Waals surface area contributed by atoms with E-state index in [1.807, 2.05) is 0 Å². The van der Waals surface area contributed by atoms with Gasteiger partial charge in [-0.15, -0.1) is 0 Å². The molecule has 1 nitrogen and oxygen atoms in total. The van der Waals surface area contributed by atoms with Crippen molar-refractivity contribution in [2.75, 3.05) is 0 Å². The minimum absolute atomic E-state index is 0.308. The molecule has 1 aliphatic rings. The van der Waals surface area contributed by atoms with Crippen molar-refractivity contribution in [3.8, 4) is 0 Å². The molecule has 1 heteroatoms. The smallest absolute Gasteiger partial charge is 0.135 e. The zero-order chi connectivity index (χ0) is 30.7. The van der Waals surface area contributed by atoms with Gasteiger partial charge in [0.05, 0.1) is 0 Å².